The first-order chi connectivity index (χ1) is 12.1. The van der Waals surface area contributed by atoms with Gasteiger partial charge in [0.1, 0.15) is 6.61 Å². The standard InChI is InChI=1S/C20H30N2O3/c1-4-7-16(8-5-2)20(24)21-17-11-10-15-9-6-12-22(18(15)13-17)19(23)14-25-3/h10-11,13,16H,4-9,12,14H2,1-3H3,(H,21,24). The maximum Gasteiger partial charge on any atom is 0.252 e. The van der Waals surface area contributed by atoms with Gasteiger partial charge in [0.2, 0.25) is 5.91 Å². The van der Waals surface area contributed by atoms with Crippen LogP contribution in [0.4, 0.5) is 11.4 Å². The zero-order valence-corrected chi connectivity index (χ0v) is 15.6. The normalized spacial score (nSPS) is 13.7. The van der Waals surface area contributed by atoms with Gasteiger partial charge >= 0.3 is 0 Å². The van der Waals surface area contributed by atoms with Crippen LogP contribution in [0.15, 0.2) is 18.2 Å². The minimum atomic E-state index is -0.0400. The number of fused-ring (bicyclic) bond motifs is 1. The van der Waals surface area contributed by atoms with Gasteiger partial charge in [-0.15, -0.1) is 0 Å². The number of amides is 2. The lowest BCUT2D eigenvalue weighted by molar-refractivity contribution is -0.122. The predicted molar refractivity (Wildman–Crippen MR) is 101 cm³/mol. The van der Waals surface area contributed by atoms with Crippen molar-refractivity contribution < 1.29 is 14.3 Å². The van der Waals surface area contributed by atoms with Crippen molar-refractivity contribution in [2.45, 2.75) is 52.4 Å². The molecule has 0 fully saturated rings. The Hall–Kier alpha value is -1.88. The van der Waals surface area contributed by atoms with Gasteiger partial charge in [0, 0.05) is 30.9 Å². The lowest BCUT2D eigenvalue weighted by Crippen LogP contribution is -2.37. The van der Waals surface area contributed by atoms with Crippen LogP contribution in [-0.4, -0.2) is 32.1 Å². The van der Waals surface area contributed by atoms with Gasteiger partial charge in [-0.25, -0.2) is 0 Å². The zero-order chi connectivity index (χ0) is 18.2. The Morgan fingerprint density at radius 3 is 2.60 bits per heavy atom. The fraction of sp³-hybridized carbons (Fsp3) is 0.600. The molecule has 0 atom stereocenters. The van der Waals surface area contributed by atoms with Crippen molar-refractivity contribution in [1.82, 2.24) is 0 Å². The van der Waals surface area contributed by atoms with Gasteiger partial charge < -0.3 is 15.0 Å². The average Bonchev–Trinajstić information content (AvgIpc) is 2.61. The SMILES string of the molecule is CCCC(CCC)C(=O)Nc1ccc2c(c1)N(C(=O)COC)CCC2. The summed E-state index contributed by atoms with van der Waals surface area (Å²) >= 11 is 0. The molecule has 1 N–H and O–H groups in total. The summed E-state index contributed by atoms with van der Waals surface area (Å²) in [6, 6.07) is 5.89. The van der Waals surface area contributed by atoms with E-state index < -0.39 is 0 Å². The van der Waals surface area contributed by atoms with E-state index in [1.54, 1.807) is 4.90 Å². The molecule has 1 aromatic rings. The van der Waals surface area contributed by atoms with E-state index in [0.29, 0.717) is 6.54 Å². The highest BCUT2D eigenvalue weighted by Crippen LogP contribution is 2.30. The third-order valence-electron chi connectivity index (χ3n) is 4.69. The molecule has 0 bridgehead atoms. The highest BCUT2D eigenvalue weighted by Gasteiger charge is 2.23. The fourth-order valence-corrected chi connectivity index (χ4v) is 3.46. The summed E-state index contributed by atoms with van der Waals surface area (Å²) < 4.78 is 4.99. The molecule has 1 aromatic carbocycles. The Bertz CT molecular complexity index is 595. The molecule has 5 nitrogen and oxygen atoms in total. The second-order valence-corrected chi connectivity index (χ2v) is 6.69. The van der Waals surface area contributed by atoms with Gasteiger partial charge in [-0.05, 0) is 43.4 Å². The fourth-order valence-electron chi connectivity index (χ4n) is 3.46. The number of hydrogen-bond acceptors (Lipinski definition) is 3. The first kappa shape index (κ1) is 19.4. The Kier molecular flexibility index (Phi) is 7.44. The maximum atomic E-state index is 12.6. The number of anilines is 2. The highest BCUT2D eigenvalue weighted by atomic mass is 16.5. The molecule has 138 valence electrons. The quantitative estimate of drug-likeness (QED) is 0.779. The molecule has 2 amide bonds. The number of benzene rings is 1. The molecule has 0 unspecified atom stereocenters. The Balaban J connectivity index is 2.17. The first-order valence-corrected chi connectivity index (χ1v) is 9.33. The summed E-state index contributed by atoms with van der Waals surface area (Å²) in [4.78, 5) is 26.6. The van der Waals surface area contributed by atoms with Crippen molar-refractivity contribution in [2.24, 2.45) is 5.92 Å². The molecule has 0 spiro atoms. The first-order valence-electron chi connectivity index (χ1n) is 9.33. The Morgan fingerprint density at radius 1 is 1.24 bits per heavy atom. The summed E-state index contributed by atoms with van der Waals surface area (Å²) in [5, 5.41) is 3.05. The molecule has 0 saturated carbocycles. The summed E-state index contributed by atoms with van der Waals surface area (Å²) in [5.41, 5.74) is 2.80. The van der Waals surface area contributed by atoms with Crippen LogP contribution in [0.1, 0.15) is 51.5 Å². The molecule has 0 saturated heterocycles. The molecule has 1 aliphatic heterocycles. The third-order valence-corrected chi connectivity index (χ3v) is 4.69. The summed E-state index contributed by atoms with van der Waals surface area (Å²) in [5.74, 6) is 0.0910. The maximum absolute atomic E-state index is 12.6. The van der Waals surface area contributed by atoms with E-state index in [4.69, 9.17) is 4.74 Å². The van der Waals surface area contributed by atoms with Crippen LogP contribution in [0.5, 0.6) is 0 Å². The van der Waals surface area contributed by atoms with Crippen LogP contribution >= 0.6 is 0 Å². The number of rotatable bonds is 8. The summed E-state index contributed by atoms with van der Waals surface area (Å²) in [7, 11) is 1.53. The average molecular weight is 346 g/mol. The van der Waals surface area contributed by atoms with Crippen LogP contribution in [0.3, 0.4) is 0 Å². The molecule has 25 heavy (non-hydrogen) atoms. The predicted octanol–water partition coefficient (Wildman–Crippen LogP) is 3.77. The zero-order valence-electron chi connectivity index (χ0n) is 15.6. The van der Waals surface area contributed by atoms with Gasteiger partial charge in [0.25, 0.3) is 5.91 Å². The number of hydrogen-bond donors (Lipinski definition) is 1. The molecular formula is C20H30N2O3. The van der Waals surface area contributed by atoms with Crippen molar-refractivity contribution in [1.29, 1.82) is 0 Å². The number of nitrogens with zero attached hydrogens (tertiary/aromatic N) is 1. The van der Waals surface area contributed by atoms with Crippen LogP contribution in [0.25, 0.3) is 0 Å². The van der Waals surface area contributed by atoms with Gasteiger partial charge in [0.05, 0.1) is 0 Å². The van der Waals surface area contributed by atoms with Crippen LogP contribution in [-0.2, 0) is 20.7 Å². The lowest BCUT2D eigenvalue weighted by Gasteiger charge is -2.30. The smallest absolute Gasteiger partial charge is 0.252 e. The van der Waals surface area contributed by atoms with Crippen molar-refractivity contribution in [3.05, 3.63) is 23.8 Å². The number of ether oxygens (including phenoxy) is 1. The number of carbonyl (C=O) groups is 2. The molecule has 2 rings (SSSR count). The molecule has 0 radical (unpaired) electrons. The number of carbonyl (C=O) groups excluding carboxylic acids is 2. The van der Waals surface area contributed by atoms with E-state index in [1.165, 1.54) is 7.11 Å². The van der Waals surface area contributed by atoms with Crippen molar-refractivity contribution in [3.8, 4) is 0 Å². The molecule has 0 aliphatic carbocycles. The summed E-state index contributed by atoms with van der Waals surface area (Å²) in [6.45, 7) is 4.98. The van der Waals surface area contributed by atoms with Gasteiger partial charge in [-0.1, -0.05) is 32.8 Å². The van der Waals surface area contributed by atoms with Crippen molar-refractivity contribution in [3.63, 3.8) is 0 Å². The van der Waals surface area contributed by atoms with Gasteiger partial charge in [0.15, 0.2) is 0 Å². The van der Waals surface area contributed by atoms with E-state index in [0.717, 1.165) is 55.5 Å². The van der Waals surface area contributed by atoms with Crippen LogP contribution in [0.2, 0.25) is 0 Å². The molecular weight excluding hydrogens is 316 g/mol. The largest absolute Gasteiger partial charge is 0.375 e. The molecule has 1 aliphatic rings. The molecule has 1 heterocycles. The van der Waals surface area contributed by atoms with Crippen molar-refractivity contribution >= 4 is 23.2 Å². The number of nitrogens with one attached hydrogen (secondary N) is 1. The third kappa shape index (κ3) is 5.05. The molecule has 0 aromatic heterocycles. The number of methoxy groups -OCH3 is 1. The lowest BCUT2D eigenvalue weighted by atomic mass is 9.97. The Labute approximate surface area is 150 Å². The second-order valence-electron chi connectivity index (χ2n) is 6.69. The minimum Gasteiger partial charge on any atom is -0.375 e. The second kappa shape index (κ2) is 9.56. The van der Waals surface area contributed by atoms with Gasteiger partial charge in [-0.2, -0.15) is 0 Å². The number of aryl methyl sites for hydroxylation is 1. The Morgan fingerprint density at radius 2 is 1.96 bits per heavy atom. The molecule has 5 heteroatoms. The van der Waals surface area contributed by atoms with E-state index in [-0.39, 0.29) is 24.3 Å². The van der Waals surface area contributed by atoms with E-state index in [2.05, 4.69) is 19.2 Å². The van der Waals surface area contributed by atoms with Gasteiger partial charge in [-0.3, -0.25) is 9.59 Å². The summed E-state index contributed by atoms with van der Waals surface area (Å²) in [6.07, 6.45) is 5.72. The van der Waals surface area contributed by atoms with E-state index in [1.807, 2.05) is 18.2 Å². The highest BCUT2D eigenvalue weighted by molar-refractivity contribution is 5.97. The van der Waals surface area contributed by atoms with Crippen LogP contribution in [0, 0.1) is 5.92 Å². The van der Waals surface area contributed by atoms with Crippen molar-refractivity contribution in [2.75, 3.05) is 30.5 Å². The minimum absolute atomic E-state index is 0.0400. The topological polar surface area (TPSA) is 58.6 Å². The van der Waals surface area contributed by atoms with E-state index in [9.17, 15) is 9.59 Å². The van der Waals surface area contributed by atoms with E-state index >= 15 is 0 Å². The van der Waals surface area contributed by atoms with Crippen LogP contribution < -0.4 is 10.2 Å². The monoisotopic (exact) mass is 346 g/mol.